The molecule has 0 radical (unpaired) electrons. The van der Waals surface area contributed by atoms with Gasteiger partial charge in [-0.25, -0.2) is 14.6 Å². The predicted molar refractivity (Wildman–Crippen MR) is 90.3 cm³/mol. The summed E-state index contributed by atoms with van der Waals surface area (Å²) in [5.74, 6) is 0.118. The summed E-state index contributed by atoms with van der Waals surface area (Å²) in [6, 6.07) is 6.17. The fourth-order valence-electron chi connectivity index (χ4n) is 2.40. The summed E-state index contributed by atoms with van der Waals surface area (Å²) in [6.07, 6.45) is 2.74. The number of hydrogen-bond donors (Lipinski definition) is 3. The normalized spacial score (nSPS) is 12.7. The van der Waals surface area contributed by atoms with Gasteiger partial charge in [0.1, 0.15) is 0 Å². The van der Waals surface area contributed by atoms with Crippen molar-refractivity contribution < 1.29 is 14.7 Å². The minimum atomic E-state index is -0.962. The molecule has 126 valence electrons. The highest BCUT2D eigenvalue weighted by Gasteiger charge is 2.14. The van der Waals surface area contributed by atoms with Gasteiger partial charge in [-0.1, -0.05) is 23.9 Å². The van der Waals surface area contributed by atoms with Crippen LogP contribution in [-0.2, 0) is 19.5 Å². The molecule has 2 amide bonds. The lowest BCUT2D eigenvalue weighted by Crippen LogP contribution is -2.36. The number of hydrogen-bond acceptors (Lipinski definition) is 4. The van der Waals surface area contributed by atoms with Gasteiger partial charge in [-0.3, -0.25) is 0 Å². The zero-order valence-corrected chi connectivity index (χ0v) is 13.8. The number of carbonyl (C=O) groups excluding carboxylic acids is 1. The summed E-state index contributed by atoms with van der Waals surface area (Å²) in [6.45, 7) is 1.87. The van der Waals surface area contributed by atoms with E-state index in [0.29, 0.717) is 19.5 Å². The molecule has 1 aromatic carbocycles. The van der Waals surface area contributed by atoms with Crippen molar-refractivity contribution in [2.24, 2.45) is 0 Å². The molecular formula is C16H18N4O3S. The quantitative estimate of drug-likeness (QED) is 0.740. The van der Waals surface area contributed by atoms with E-state index >= 15 is 0 Å². The lowest BCUT2D eigenvalue weighted by Gasteiger charge is -2.07. The monoisotopic (exact) mass is 346 g/mol. The number of benzene rings is 1. The van der Waals surface area contributed by atoms with Gasteiger partial charge >= 0.3 is 12.0 Å². The molecule has 0 atom stereocenters. The molecule has 1 aliphatic heterocycles. The standard InChI is InChI=1S/C16H18N4O3S/c21-14(22)12-3-1-11(2-4-12)9-18-15(23)17-6-5-13-10-20-7-8-24-16(20)19-13/h1-4,10H,5-9H2,(H,21,22)(H2,17,18,23). The number of aryl methyl sites for hydroxylation is 1. The average molecular weight is 346 g/mol. The van der Waals surface area contributed by atoms with E-state index in [1.807, 2.05) is 6.20 Å². The molecule has 7 nitrogen and oxygen atoms in total. The van der Waals surface area contributed by atoms with Crippen LogP contribution in [0, 0.1) is 0 Å². The minimum Gasteiger partial charge on any atom is -0.478 e. The molecule has 0 saturated heterocycles. The van der Waals surface area contributed by atoms with Gasteiger partial charge in [0.05, 0.1) is 11.3 Å². The highest BCUT2D eigenvalue weighted by Crippen LogP contribution is 2.24. The van der Waals surface area contributed by atoms with Gasteiger partial charge < -0.3 is 20.3 Å². The first kappa shape index (κ1) is 16.4. The Labute approximate surface area is 143 Å². The van der Waals surface area contributed by atoms with Crippen LogP contribution in [0.5, 0.6) is 0 Å². The van der Waals surface area contributed by atoms with Gasteiger partial charge in [-0.2, -0.15) is 0 Å². The second-order valence-corrected chi connectivity index (χ2v) is 6.48. The summed E-state index contributed by atoms with van der Waals surface area (Å²) >= 11 is 1.75. The second kappa shape index (κ2) is 7.39. The molecule has 3 rings (SSSR count). The lowest BCUT2D eigenvalue weighted by molar-refractivity contribution is 0.0697. The summed E-state index contributed by atoms with van der Waals surface area (Å²) in [4.78, 5) is 27.1. The number of fused-ring (bicyclic) bond motifs is 1. The van der Waals surface area contributed by atoms with Crippen molar-refractivity contribution >= 4 is 23.8 Å². The van der Waals surface area contributed by atoms with Gasteiger partial charge in [0.25, 0.3) is 0 Å². The minimum absolute atomic E-state index is 0.230. The highest BCUT2D eigenvalue weighted by molar-refractivity contribution is 7.99. The van der Waals surface area contributed by atoms with E-state index in [1.54, 1.807) is 23.9 Å². The number of carboxylic acid groups (broad SMARTS) is 1. The fourth-order valence-corrected chi connectivity index (χ4v) is 3.36. The van der Waals surface area contributed by atoms with Gasteiger partial charge in [-0.15, -0.1) is 0 Å². The smallest absolute Gasteiger partial charge is 0.335 e. The van der Waals surface area contributed by atoms with Crippen LogP contribution >= 0.6 is 11.8 Å². The number of urea groups is 1. The van der Waals surface area contributed by atoms with E-state index in [2.05, 4.69) is 20.2 Å². The molecule has 8 heteroatoms. The number of amides is 2. The molecule has 1 aromatic heterocycles. The number of nitrogens with one attached hydrogen (secondary N) is 2. The van der Waals surface area contributed by atoms with Crippen molar-refractivity contribution in [1.82, 2.24) is 20.2 Å². The number of carboxylic acids is 1. The summed E-state index contributed by atoms with van der Waals surface area (Å²) in [5, 5.41) is 15.4. The highest BCUT2D eigenvalue weighted by atomic mass is 32.2. The van der Waals surface area contributed by atoms with Crippen LogP contribution in [0.15, 0.2) is 35.6 Å². The molecule has 0 saturated carbocycles. The van der Waals surface area contributed by atoms with Crippen molar-refractivity contribution in [2.75, 3.05) is 12.3 Å². The molecule has 0 fully saturated rings. The number of imidazole rings is 1. The first-order valence-electron chi connectivity index (χ1n) is 7.64. The molecule has 1 aliphatic rings. The SMILES string of the molecule is O=C(NCCc1cn2c(n1)SCC2)NCc1ccc(C(=O)O)cc1. The van der Waals surface area contributed by atoms with E-state index in [-0.39, 0.29) is 11.6 Å². The maximum Gasteiger partial charge on any atom is 0.335 e. The van der Waals surface area contributed by atoms with Crippen LogP contribution in [0.25, 0.3) is 0 Å². The molecule has 0 unspecified atom stereocenters. The Morgan fingerprint density at radius 1 is 1.25 bits per heavy atom. The molecule has 0 aliphatic carbocycles. The molecule has 0 spiro atoms. The second-order valence-electron chi connectivity index (χ2n) is 5.42. The Kier molecular flexibility index (Phi) is 5.05. The number of aromatic nitrogens is 2. The predicted octanol–water partition coefficient (Wildman–Crippen LogP) is 1.73. The molecule has 3 N–H and O–H groups in total. The van der Waals surface area contributed by atoms with Crippen LogP contribution in [0.3, 0.4) is 0 Å². The maximum atomic E-state index is 11.8. The van der Waals surface area contributed by atoms with Crippen molar-refractivity contribution in [2.45, 2.75) is 24.7 Å². The van der Waals surface area contributed by atoms with Gasteiger partial charge in [0.15, 0.2) is 5.16 Å². The lowest BCUT2D eigenvalue weighted by atomic mass is 10.1. The van der Waals surface area contributed by atoms with Crippen LogP contribution < -0.4 is 10.6 Å². The Bertz CT molecular complexity index is 721. The Hall–Kier alpha value is -2.48. The molecule has 24 heavy (non-hydrogen) atoms. The van der Waals surface area contributed by atoms with Crippen LogP contribution in [-0.4, -0.2) is 39.0 Å². The van der Waals surface area contributed by atoms with Gasteiger partial charge in [-0.05, 0) is 17.7 Å². The van der Waals surface area contributed by atoms with E-state index in [9.17, 15) is 9.59 Å². The third-order valence-electron chi connectivity index (χ3n) is 3.67. The number of nitrogens with zero attached hydrogens (tertiary/aromatic N) is 2. The number of rotatable bonds is 6. The maximum absolute atomic E-state index is 11.8. The molecule has 2 aromatic rings. The van der Waals surface area contributed by atoms with E-state index in [1.165, 1.54) is 12.1 Å². The van der Waals surface area contributed by atoms with E-state index < -0.39 is 5.97 Å². The number of thioether (sulfide) groups is 1. The molecule has 0 bridgehead atoms. The molecular weight excluding hydrogens is 328 g/mol. The first-order valence-corrected chi connectivity index (χ1v) is 8.63. The summed E-state index contributed by atoms with van der Waals surface area (Å²) < 4.78 is 2.14. The Morgan fingerprint density at radius 3 is 2.75 bits per heavy atom. The van der Waals surface area contributed by atoms with Crippen LogP contribution in [0.4, 0.5) is 4.79 Å². The number of carbonyl (C=O) groups is 2. The summed E-state index contributed by atoms with van der Waals surface area (Å²) in [7, 11) is 0. The first-order chi connectivity index (χ1) is 11.6. The third kappa shape index (κ3) is 4.08. The van der Waals surface area contributed by atoms with Crippen molar-refractivity contribution in [3.05, 3.63) is 47.3 Å². The van der Waals surface area contributed by atoms with Crippen LogP contribution in [0.2, 0.25) is 0 Å². The largest absolute Gasteiger partial charge is 0.478 e. The summed E-state index contributed by atoms with van der Waals surface area (Å²) in [5.41, 5.74) is 2.06. The van der Waals surface area contributed by atoms with Crippen LogP contribution in [0.1, 0.15) is 21.6 Å². The van der Waals surface area contributed by atoms with E-state index in [4.69, 9.17) is 5.11 Å². The average Bonchev–Trinajstić information content (AvgIpc) is 3.15. The van der Waals surface area contributed by atoms with Crippen molar-refractivity contribution in [3.8, 4) is 0 Å². The number of aromatic carboxylic acids is 1. The van der Waals surface area contributed by atoms with Gasteiger partial charge in [0.2, 0.25) is 0 Å². The Morgan fingerprint density at radius 2 is 2.04 bits per heavy atom. The van der Waals surface area contributed by atoms with Crippen molar-refractivity contribution in [3.63, 3.8) is 0 Å². The zero-order chi connectivity index (χ0) is 16.9. The van der Waals surface area contributed by atoms with Gasteiger partial charge in [0, 0.05) is 38.0 Å². The van der Waals surface area contributed by atoms with E-state index in [0.717, 1.165) is 28.7 Å². The Balaban J connectivity index is 1.38. The fraction of sp³-hybridized carbons (Fsp3) is 0.312. The topological polar surface area (TPSA) is 96.3 Å². The van der Waals surface area contributed by atoms with Crippen molar-refractivity contribution in [1.29, 1.82) is 0 Å². The third-order valence-corrected chi connectivity index (χ3v) is 4.64. The molecule has 2 heterocycles. The zero-order valence-electron chi connectivity index (χ0n) is 13.0.